The van der Waals surface area contributed by atoms with Crippen LogP contribution < -0.4 is 4.74 Å². The fourth-order valence-electron chi connectivity index (χ4n) is 1.90. The van der Waals surface area contributed by atoms with E-state index < -0.39 is 0 Å². The zero-order chi connectivity index (χ0) is 12.8. The summed E-state index contributed by atoms with van der Waals surface area (Å²) >= 11 is 0. The molecule has 0 aliphatic carbocycles. The molecule has 0 amide bonds. The maximum absolute atomic E-state index is 5.81. The highest BCUT2D eigenvalue weighted by Gasteiger charge is 1.99. The third kappa shape index (κ3) is 3.36. The van der Waals surface area contributed by atoms with Crippen molar-refractivity contribution in [3.63, 3.8) is 0 Å². The highest BCUT2D eigenvalue weighted by molar-refractivity contribution is 5.88. The van der Waals surface area contributed by atoms with Crippen molar-refractivity contribution in [1.82, 2.24) is 0 Å². The van der Waals surface area contributed by atoms with Gasteiger partial charge in [0, 0.05) is 5.39 Å². The molecule has 2 rings (SSSR count). The van der Waals surface area contributed by atoms with Crippen molar-refractivity contribution < 1.29 is 4.74 Å². The van der Waals surface area contributed by atoms with Gasteiger partial charge < -0.3 is 4.74 Å². The van der Waals surface area contributed by atoms with Crippen LogP contribution in [0.4, 0.5) is 0 Å². The summed E-state index contributed by atoms with van der Waals surface area (Å²) in [4.78, 5) is 0. The second-order valence-electron chi connectivity index (χ2n) is 4.89. The summed E-state index contributed by atoms with van der Waals surface area (Å²) in [6.45, 7) is 5.08. The van der Waals surface area contributed by atoms with Crippen molar-refractivity contribution in [2.24, 2.45) is 5.92 Å². The minimum atomic E-state index is 0.640. The third-order valence-electron chi connectivity index (χ3n) is 2.86. The van der Waals surface area contributed by atoms with Crippen LogP contribution in [0.2, 0.25) is 0 Å². The van der Waals surface area contributed by atoms with Crippen LogP contribution >= 0.6 is 0 Å². The Hall–Kier alpha value is -1.76. The summed E-state index contributed by atoms with van der Waals surface area (Å²) in [6.07, 6.45) is 5.40. The molecule has 1 heteroatoms. The molecule has 0 heterocycles. The van der Waals surface area contributed by atoms with Gasteiger partial charge >= 0.3 is 0 Å². The van der Waals surface area contributed by atoms with Crippen LogP contribution in [0.5, 0.6) is 5.75 Å². The average molecular weight is 240 g/mol. The van der Waals surface area contributed by atoms with Gasteiger partial charge in [0.2, 0.25) is 0 Å². The van der Waals surface area contributed by atoms with Gasteiger partial charge in [-0.25, -0.2) is 0 Å². The summed E-state index contributed by atoms with van der Waals surface area (Å²) in [5.74, 6) is 1.67. The Bertz CT molecular complexity index is 521. The van der Waals surface area contributed by atoms with E-state index >= 15 is 0 Å². The van der Waals surface area contributed by atoms with Gasteiger partial charge in [-0.05, 0) is 23.8 Å². The number of hydrogen-bond donors (Lipinski definition) is 0. The van der Waals surface area contributed by atoms with Crippen LogP contribution in [0.3, 0.4) is 0 Å². The average Bonchev–Trinajstić information content (AvgIpc) is 2.38. The number of fused-ring (bicyclic) bond motifs is 1. The first-order valence-electron chi connectivity index (χ1n) is 6.53. The van der Waals surface area contributed by atoms with Crippen LogP contribution in [0.25, 0.3) is 10.8 Å². The van der Waals surface area contributed by atoms with Crippen molar-refractivity contribution in [2.75, 3.05) is 6.61 Å². The van der Waals surface area contributed by atoms with Crippen molar-refractivity contribution in [3.8, 4) is 5.75 Å². The van der Waals surface area contributed by atoms with Gasteiger partial charge in [-0.15, -0.1) is 0 Å². The molecule has 0 atom stereocenters. The fourth-order valence-corrected chi connectivity index (χ4v) is 1.90. The first-order valence-corrected chi connectivity index (χ1v) is 6.53. The smallest absolute Gasteiger partial charge is 0.127 e. The molecule has 0 aliphatic heterocycles. The van der Waals surface area contributed by atoms with E-state index in [0.29, 0.717) is 12.5 Å². The lowest BCUT2D eigenvalue weighted by atomic mass is 10.1. The summed E-state index contributed by atoms with van der Waals surface area (Å²) in [7, 11) is 0. The maximum Gasteiger partial charge on any atom is 0.127 e. The van der Waals surface area contributed by atoms with Crippen LogP contribution in [0.1, 0.15) is 20.3 Å². The molecular weight excluding hydrogens is 220 g/mol. The Labute approximate surface area is 109 Å². The Morgan fingerprint density at radius 2 is 1.78 bits per heavy atom. The maximum atomic E-state index is 5.81. The number of allylic oxidation sites excluding steroid dienone is 1. The van der Waals surface area contributed by atoms with Gasteiger partial charge in [0.15, 0.2) is 0 Å². The minimum Gasteiger partial charge on any atom is -0.489 e. The highest BCUT2D eigenvalue weighted by Crippen LogP contribution is 2.24. The molecule has 0 saturated heterocycles. The molecule has 0 aliphatic rings. The molecule has 0 N–H and O–H groups in total. The molecule has 0 unspecified atom stereocenters. The molecule has 0 fully saturated rings. The molecule has 2 aromatic carbocycles. The van der Waals surface area contributed by atoms with Crippen LogP contribution in [-0.2, 0) is 0 Å². The summed E-state index contributed by atoms with van der Waals surface area (Å²) in [5.41, 5.74) is 0. The lowest BCUT2D eigenvalue weighted by Crippen LogP contribution is -1.94. The monoisotopic (exact) mass is 240 g/mol. The fraction of sp³-hybridized carbons (Fsp3) is 0.294. The first kappa shape index (κ1) is 12.7. The SMILES string of the molecule is CC(C)CC=CCOc1cccc2ccccc12. The standard InChI is InChI=1S/C17H20O/c1-14(2)8-5-6-13-18-17-12-7-10-15-9-3-4-11-16(15)17/h3-7,9-12,14H,8,13H2,1-2H3. The lowest BCUT2D eigenvalue weighted by Gasteiger charge is -2.07. The predicted molar refractivity (Wildman–Crippen MR) is 78.0 cm³/mol. The zero-order valence-corrected chi connectivity index (χ0v) is 11.1. The molecule has 0 radical (unpaired) electrons. The number of rotatable bonds is 5. The van der Waals surface area contributed by atoms with Crippen molar-refractivity contribution in [3.05, 3.63) is 54.6 Å². The van der Waals surface area contributed by atoms with E-state index in [4.69, 9.17) is 4.74 Å². The topological polar surface area (TPSA) is 9.23 Å². The Morgan fingerprint density at radius 1 is 1.00 bits per heavy atom. The Morgan fingerprint density at radius 3 is 2.61 bits per heavy atom. The third-order valence-corrected chi connectivity index (χ3v) is 2.86. The van der Waals surface area contributed by atoms with Crippen molar-refractivity contribution >= 4 is 10.8 Å². The molecule has 0 aromatic heterocycles. The Balaban J connectivity index is 2.01. The summed E-state index contributed by atoms with van der Waals surface area (Å²) < 4.78 is 5.81. The van der Waals surface area contributed by atoms with Gasteiger partial charge in [0.25, 0.3) is 0 Å². The molecule has 18 heavy (non-hydrogen) atoms. The summed E-state index contributed by atoms with van der Waals surface area (Å²) in [5, 5.41) is 2.40. The largest absolute Gasteiger partial charge is 0.489 e. The predicted octanol–water partition coefficient (Wildman–Crippen LogP) is 4.82. The van der Waals surface area contributed by atoms with E-state index in [9.17, 15) is 0 Å². The normalized spacial score (nSPS) is 11.5. The molecular formula is C17H20O. The van der Waals surface area contributed by atoms with E-state index in [0.717, 1.165) is 12.2 Å². The van der Waals surface area contributed by atoms with Crippen LogP contribution in [0, 0.1) is 5.92 Å². The van der Waals surface area contributed by atoms with E-state index in [1.54, 1.807) is 0 Å². The first-order chi connectivity index (χ1) is 8.77. The molecule has 2 aromatic rings. The van der Waals surface area contributed by atoms with E-state index in [-0.39, 0.29) is 0 Å². The van der Waals surface area contributed by atoms with Gasteiger partial charge in [-0.3, -0.25) is 0 Å². The number of benzene rings is 2. The number of ether oxygens (including phenoxy) is 1. The van der Waals surface area contributed by atoms with Crippen LogP contribution in [-0.4, -0.2) is 6.61 Å². The van der Waals surface area contributed by atoms with Gasteiger partial charge in [-0.1, -0.05) is 62.4 Å². The molecule has 0 saturated carbocycles. The second kappa shape index (κ2) is 6.25. The summed E-state index contributed by atoms with van der Waals surface area (Å²) in [6, 6.07) is 14.5. The molecule has 0 spiro atoms. The lowest BCUT2D eigenvalue weighted by molar-refractivity contribution is 0.366. The molecule has 1 nitrogen and oxygen atoms in total. The number of hydrogen-bond acceptors (Lipinski definition) is 1. The van der Waals surface area contributed by atoms with E-state index in [1.165, 1.54) is 10.8 Å². The minimum absolute atomic E-state index is 0.640. The van der Waals surface area contributed by atoms with Gasteiger partial charge in [0.05, 0.1) is 0 Å². The van der Waals surface area contributed by atoms with Gasteiger partial charge in [-0.2, -0.15) is 0 Å². The van der Waals surface area contributed by atoms with Crippen LogP contribution in [0.15, 0.2) is 54.6 Å². The molecule has 94 valence electrons. The van der Waals surface area contributed by atoms with Crippen molar-refractivity contribution in [2.45, 2.75) is 20.3 Å². The molecule has 0 bridgehead atoms. The Kier molecular flexibility index (Phi) is 4.40. The van der Waals surface area contributed by atoms with E-state index in [1.807, 2.05) is 18.2 Å². The highest BCUT2D eigenvalue weighted by atomic mass is 16.5. The second-order valence-corrected chi connectivity index (χ2v) is 4.89. The quantitative estimate of drug-likeness (QED) is 0.681. The van der Waals surface area contributed by atoms with Crippen molar-refractivity contribution in [1.29, 1.82) is 0 Å². The van der Waals surface area contributed by atoms with Gasteiger partial charge in [0.1, 0.15) is 12.4 Å². The zero-order valence-electron chi connectivity index (χ0n) is 11.1. The van der Waals surface area contributed by atoms with E-state index in [2.05, 4.69) is 50.3 Å².